The molecule has 2 aromatic heterocycles. The van der Waals surface area contributed by atoms with E-state index in [0.29, 0.717) is 22.7 Å². The quantitative estimate of drug-likeness (QED) is 0.729. The molecule has 0 fully saturated rings. The van der Waals surface area contributed by atoms with Crippen molar-refractivity contribution in [2.75, 3.05) is 5.73 Å². The number of nitrogens with zero attached hydrogens (tertiary/aromatic N) is 2. The molecule has 3 rings (SSSR count). The number of imidazole rings is 1. The predicted molar refractivity (Wildman–Crippen MR) is 69.7 cm³/mol. The summed E-state index contributed by atoms with van der Waals surface area (Å²) in [6, 6.07) is 9.22. The molecule has 2 heterocycles. The van der Waals surface area contributed by atoms with E-state index in [9.17, 15) is 8.78 Å². The highest BCUT2D eigenvalue weighted by Crippen LogP contribution is 2.28. The Morgan fingerprint density at radius 1 is 1.11 bits per heavy atom. The second-order valence-electron chi connectivity index (χ2n) is 4.34. The van der Waals surface area contributed by atoms with Crippen molar-refractivity contribution in [3.8, 4) is 11.3 Å². The molecule has 0 spiro atoms. The summed E-state index contributed by atoms with van der Waals surface area (Å²) in [5, 5.41) is 0. The lowest BCUT2D eigenvalue weighted by Crippen LogP contribution is -1.97. The molecule has 0 aliphatic rings. The molecule has 3 nitrogen and oxygen atoms in total. The number of benzene rings is 1. The highest BCUT2D eigenvalue weighted by molar-refractivity contribution is 5.75. The summed E-state index contributed by atoms with van der Waals surface area (Å²) in [6.07, 6.45) is 0. The molecule has 2 N–H and O–H groups in total. The maximum atomic E-state index is 13.3. The van der Waals surface area contributed by atoms with Crippen LogP contribution in [0.25, 0.3) is 16.9 Å². The van der Waals surface area contributed by atoms with E-state index < -0.39 is 11.6 Å². The van der Waals surface area contributed by atoms with Gasteiger partial charge in [-0.1, -0.05) is 6.07 Å². The molecular formula is C14H11F2N3. The van der Waals surface area contributed by atoms with Gasteiger partial charge in [-0.3, -0.25) is 4.40 Å². The zero-order valence-electron chi connectivity index (χ0n) is 10.2. The van der Waals surface area contributed by atoms with Crippen LogP contribution in [0.2, 0.25) is 0 Å². The smallest absolute Gasteiger partial charge is 0.159 e. The highest BCUT2D eigenvalue weighted by Gasteiger charge is 2.14. The zero-order valence-corrected chi connectivity index (χ0v) is 10.2. The molecule has 5 heteroatoms. The monoisotopic (exact) mass is 259 g/mol. The number of fused-ring (bicyclic) bond motifs is 1. The lowest BCUT2D eigenvalue weighted by Gasteiger charge is -2.02. The third kappa shape index (κ3) is 1.74. The number of hydrogen-bond donors (Lipinski definition) is 1. The Hall–Kier alpha value is -2.43. The second-order valence-corrected chi connectivity index (χ2v) is 4.34. The molecule has 0 unspecified atom stereocenters. The minimum atomic E-state index is -0.911. The number of nitrogen functional groups attached to an aromatic ring is 1. The lowest BCUT2D eigenvalue weighted by atomic mass is 10.1. The van der Waals surface area contributed by atoms with Crippen LogP contribution in [0.1, 0.15) is 5.69 Å². The highest BCUT2D eigenvalue weighted by atomic mass is 19.2. The molecule has 96 valence electrons. The fourth-order valence-corrected chi connectivity index (χ4v) is 2.14. The van der Waals surface area contributed by atoms with E-state index in [0.717, 1.165) is 17.8 Å². The van der Waals surface area contributed by atoms with Gasteiger partial charge in [0.1, 0.15) is 17.2 Å². The van der Waals surface area contributed by atoms with Gasteiger partial charge >= 0.3 is 0 Å². The normalized spacial score (nSPS) is 11.1. The van der Waals surface area contributed by atoms with Gasteiger partial charge in [0.15, 0.2) is 11.6 Å². The number of hydrogen-bond acceptors (Lipinski definition) is 2. The summed E-state index contributed by atoms with van der Waals surface area (Å²) in [4.78, 5) is 4.36. The van der Waals surface area contributed by atoms with Crippen LogP contribution in [0.4, 0.5) is 14.6 Å². The van der Waals surface area contributed by atoms with E-state index in [-0.39, 0.29) is 0 Å². The van der Waals surface area contributed by atoms with Crippen molar-refractivity contribution in [2.45, 2.75) is 6.92 Å². The SMILES string of the molecule is Cc1cccc2nc(-c3ccc(F)c(F)c3)c(N)n12. The van der Waals surface area contributed by atoms with Crippen molar-refractivity contribution in [3.63, 3.8) is 0 Å². The summed E-state index contributed by atoms with van der Waals surface area (Å²) < 4.78 is 28.0. The van der Waals surface area contributed by atoms with Gasteiger partial charge in [0, 0.05) is 11.3 Å². The molecule has 0 radical (unpaired) electrons. The average molecular weight is 259 g/mol. The standard InChI is InChI=1S/C14H11F2N3/c1-8-3-2-4-12-18-13(14(17)19(8)12)9-5-6-10(15)11(16)7-9/h2-7H,17H2,1H3. The molecule has 0 bridgehead atoms. The molecule has 1 aromatic carbocycles. The molecule has 19 heavy (non-hydrogen) atoms. The van der Waals surface area contributed by atoms with Crippen LogP contribution in [0.5, 0.6) is 0 Å². The molecule has 0 atom stereocenters. The van der Waals surface area contributed by atoms with Crippen molar-refractivity contribution in [3.05, 3.63) is 53.7 Å². The summed E-state index contributed by atoms with van der Waals surface area (Å²) in [5.41, 5.74) is 8.56. The number of pyridine rings is 1. The first-order valence-electron chi connectivity index (χ1n) is 5.77. The van der Waals surface area contributed by atoms with Crippen LogP contribution in [-0.4, -0.2) is 9.38 Å². The number of aryl methyl sites for hydroxylation is 1. The first kappa shape index (κ1) is 11.6. The first-order chi connectivity index (χ1) is 9.08. The van der Waals surface area contributed by atoms with Gasteiger partial charge < -0.3 is 5.73 Å². The summed E-state index contributed by atoms with van der Waals surface area (Å²) >= 11 is 0. The van der Waals surface area contributed by atoms with Gasteiger partial charge in [-0.25, -0.2) is 13.8 Å². The fraction of sp³-hybridized carbons (Fsp3) is 0.0714. The van der Waals surface area contributed by atoms with E-state index in [2.05, 4.69) is 4.98 Å². The third-order valence-electron chi connectivity index (χ3n) is 3.07. The van der Waals surface area contributed by atoms with Crippen LogP contribution in [0.3, 0.4) is 0 Å². The minimum Gasteiger partial charge on any atom is -0.383 e. The third-order valence-corrected chi connectivity index (χ3v) is 3.07. The average Bonchev–Trinajstić information content (AvgIpc) is 2.72. The Morgan fingerprint density at radius 3 is 2.58 bits per heavy atom. The van der Waals surface area contributed by atoms with E-state index >= 15 is 0 Å². The first-order valence-corrected chi connectivity index (χ1v) is 5.77. The van der Waals surface area contributed by atoms with Gasteiger partial charge in [0.25, 0.3) is 0 Å². The number of anilines is 1. The zero-order chi connectivity index (χ0) is 13.6. The van der Waals surface area contributed by atoms with Crippen molar-refractivity contribution in [1.82, 2.24) is 9.38 Å². The number of halogens is 2. The predicted octanol–water partition coefficient (Wildman–Crippen LogP) is 3.17. The van der Waals surface area contributed by atoms with E-state index in [1.807, 2.05) is 25.1 Å². The molecule has 0 saturated carbocycles. The molecule has 0 aliphatic heterocycles. The van der Waals surface area contributed by atoms with Crippen molar-refractivity contribution < 1.29 is 8.78 Å². The molecule has 0 amide bonds. The Labute approximate surface area is 108 Å². The van der Waals surface area contributed by atoms with Crippen molar-refractivity contribution in [1.29, 1.82) is 0 Å². The Morgan fingerprint density at radius 2 is 1.89 bits per heavy atom. The lowest BCUT2D eigenvalue weighted by molar-refractivity contribution is 0.509. The van der Waals surface area contributed by atoms with Crippen LogP contribution >= 0.6 is 0 Å². The number of aromatic nitrogens is 2. The van der Waals surface area contributed by atoms with Crippen LogP contribution in [0.15, 0.2) is 36.4 Å². The van der Waals surface area contributed by atoms with Gasteiger partial charge in [0.2, 0.25) is 0 Å². The molecule has 0 saturated heterocycles. The van der Waals surface area contributed by atoms with Gasteiger partial charge in [-0.2, -0.15) is 0 Å². The Bertz CT molecular complexity index is 778. The van der Waals surface area contributed by atoms with Crippen molar-refractivity contribution in [2.24, 2.45) is 0 Å². The number of rotatable bonds is 1. The molecule has 0 aliphatic carbocycles. The maximum Gasteiger partial charge on any atom is 0.159 e. The van der Waals surface area contributed by atoms with Gasteiger partial charge in [0.05, 0.1) is 0 Å². The molecule has 3 aromatic rings. The Balaban J connectivity index is 2.28. The van der Waals surface area contributed by atoms with Crippen LogP contribution in [0, 0.1) is 18.6 Å². The topological polar surface area (TPSA) is 43.3 Å². The van der Waals surface area contributed by atoms with E-state index in [1.165, 1.54) is 6.07 Å². The van der Waals surface area contributed by atoms with Crippen LogP contribution < -0.4 is 5.73 Å². The summed E-state index contributed by atoms with van der Waals surface area (Å²) in [6.45, 7) is 1.90. The second kappa shape index (κ2) is 4.05. The maximum absolute atomic E-state index is 13.3. The van der Waals surface area contributed by atoms with E-state index in [4.69, 9.17) is 5.73 Å². The number of nitrogens with two attached hydrogens (primary N) is 1. The van der Waals surface area contributed by atoms with Gasteiger partial charge in [-0.05, 0) is 37.3 Å². The summed E-state index contributed by atoms with van der Waals surface area (Å²) in [7, 11) is 0. The largest absolute Gasteiger partial charge is 0.383 e. The van der Waals surface area contributed by atoms with Crippen molar-refractivity contribution >= 4 is 11.5 Å². The van der Waals surface area contributed by atoms with E-state index in [1.54, 1.807) is 4.40 Å². The summed E-state index contributed by atoms with van der Waals surface area (Å²) in [5.74, 6) is -1.38. The van der Waals surface area contributed by atoms with Gasteiger partial charge in [-0.15, -0.1) is 0 Å². The fourth-order valence-electron chi connectivity index (χ4n) is 2.14. The van der Waals surface area contributed by atoms with Crippen LogP contribution in [-0.2, 0) is 0 Å². The Kier molecular flexibility index (Phi) is 2.48. The minimum absolute atomic E-state index is 0.416. The molecular weight excluding hydrogens is 248 g/mol.